The van der Waals surface area contributed by atoms with E-state index in [1.165, 1.54) is 6.07 Å². The Labute approximate surface area is 127 Å². The molecule has 0 aliphatic carbocycles. The Morgan fingerprint density at radius 1 is 1.29 bits per heavy atom. The van der Waals surface area contributed by atoms with Crippen LogP contribution in [0.2, 0.25) is 0 Å². The summed E-state index contributed by atoms with van der Waals surface area (Å²) in [6, 6.07) is 6.53. The smallest absolute Gasteiger partial charge is 0.191 e. The van der Waals surface area contributed by atoms with Gasteiger partial charge in [-0.2, -0.15) is 0 Å². The average molecular weight is 307 g/mol. The first-order valence-electron chi connectivity index (χ1n) is 6.80. The van der Waals surface area contributed by atoms with Gasteiger partial charge in [-0.1, -0.05) is 30.0 Å². The van der Waals surface area contributed by atoms with E-state index in [4.69, 9.17) is 5.11 Å². The summed E-state index contributed by atoms with van der Waals surface area (Å²) in [5.41, 5.74) is 0.439. The lowest BCUT2D eigenvalue weighted by Crippen LogP contribution is -2.02. The Hall–Kier alpha value is -1.66. The number of aliphatic hydroxyl groups excluding tert-OH is 1. The number of allylic oxidation sites excluding steroid dienone is 1. The van der Waals surface area contributed by atoms with E-state index in [1.54, 1.807) is 36.0 Å². The standard InChI is InChI=1S/C15H18FN3OS/c1-2-9-19-14(12-7-3-4-8-13(12)16)17-18-15(19)21-11-6-5-10-20/h2-4,7-8,20H,1,5-6,9-11H2. The van der Waals surface area contributed by atoms with Crippen LogP contribution in [0, 0.1) is 5.82 Å². The molecule has 6 heteroatoms. The van der Waals surface area contributed by atoms with Gasteiger partial charge < -0.3 is 5.11 Å². The van der Waals surface area contributed by atoms with Crippen LogP contribution in [0.3, 0.4) is 0 Å². The van der Waals surface area contributed by atoms with Crippen LogP contribution >= 0.6 is 11.8 Å². The monoisotopic (exact) mass is 307 g/mol. The summed E-state index contributed by atoms with van der Waals surface area (Å²) < 4.78 is 15.8. The molecule has 0 bridgehead atoms. The van der Waals surface area contributed by atoms with Crippen LogP contribution in [0.15, 0.2) is 42.1 Å². The highest BCUT2D eigenvalue weighted by atomic mass is 32.2. The number of aromatic nitrogens is 3. The van der Waals surface area contributed by atoms with Crippen molar-refractivity contribution in [3.8, 4) is 11.4 Å². The topological polar surface area (TPSA) is 50.9 Å². The maximum atomic E-state index is 13.9. The highest BCUT2D eigenvalue weighted by Gasteiger charge is 2.15. The van der Waals surface area contributed by atoms with Gasteiger partial charge in [0.2, 0.25) is 0 Å². The van der Waals surface area contributed by atoms with E-state index >= 15 is 0 Å². The van der Waals surface area contributed by atoms with Gasteiger partial charge in [0.05, 0.1) is 5.56 Å². The zero-order valence-corrected chi connectivity index (χ0v) is 12.5. The van der Waals surface area contributed by atoms with Gasteiger partial charge in [0.25, 0.3) is 0 Å². The molecule has 0 saturated heterocycles. The molecule has 0 atom stereocenters. The second-order valence-corrected chi connectivity index (χ2v) is 5.53. The molecule has 0 unspecified atom stereocenters. The summed E-state index contributed by atoms with van der Waals surface area (Å²) in [5, 5.41) is 17.8. The lowest BCUT2D eigenvalue weighted by atomic mass is 10.2. The molecule has 1 N–H and O–H groups in total. The largest absolute Gasteiger partial charge is 0.396 e. The van der Waals surface area contributed by atoms with E-state index in [2.05, 4.69) is 16.8 Å². The lowest BCUT2D eigenvalue weighted by Gasteiger charge is -2.08. The predicted octanol–water partition coefficient (Wildman–Crippen LogP) is 3.13. The van der Waals surface area contributed by atoms with Crippen molar-refractivity contribution in [2.75, 3.05) is 12.4 Å². The SMILES string of the molecule is C=CCn1c(SCCCCO)nnc1-c1ccccc1F. The van der Waals surface area contributed by atoms with Crippen LogP contribution in [-0.4, -0.2) is 32.2 Å². The van der Waals surface area contributed by atoms with Crippen LogP contribution in [0.5, 0.6) is 0 Å². The fourth-order valence-electron chi connectivity index (χ4n) is 1.91. The van der Waals surface area contributed by atoms with Crippen molar-refractivity contribution in [3.63, 3.8) is 0 Å². The Bertz CT molecular complexity index is 600. The first kappa shape index (κ1) is 15.7. The average Bonchev–Trinajstić information content (AvgIpc) is 2.88. The highest BCUT2D eigenvalue weighted by molar-refractivity contribution is 7.99. The van der Waals surface area contributed by atoms with Crippen LogP contribution in [0.25, 0.3) is 11.4 Å². The van der Waals surface area contributed by atoms with E-state index in [9.17, 15) is 4.39 Å². The number of halogens is 1. The molecule has 2 rings (SSSR count). The minimum absolute atomic E-state index is 0.195. The molecular weight excluding hydrogens is 289 g/mol. The highest BCUT2D eigenvalue weighted by Crippen LogP contribution is 2.26. The molecule has 0 aliphatic heterocycles. The molecule has 0 saturated carbocycles. The van der Waals surface area contributed by atoms with Gasteiger partial charge in [-0.05, 0) is 25.0 Å². The maximum Gasteiger partial charge on any atom is 0.191 e. The molecule has 0 radical (unpaired) electrons. The first-order valence-corrected chi connectivity index (χ1v) is 7.79. The van der Waals surface area contributed by atoms with E-state index in [1.807, 2.05) is 4.57 Å². The van der Waals surface area contributed by atoms with Crippen molar-refractivity contribution in [2.45, 2.75) is 24.5 Å². The summed E-state index contributed by atoms with van der Waals surface area (Å²) in [7, 11) is 0. The Morgan fingerprint density at radius 3 is 2.81 bits per heavy atom. The van der Waals surface area contributed by atoms with Gasteiger partial charge in [0, 0.05) is 18.9 Å². The predicted molar refractivity (Wildman–Crippen MR) is 82.7 cm³/mol. The molecule has 0 aliphatic rings. The maximum absolute atomic E-state index is 13.9. The van der Waals surface area contributed by atoms with Crippen molar-refractivity contribution in [3.05, 3.63) is 42.7 Å². The third-order valence-electron chi connectivity index (χ3n) is 2.93. The minimum Gasteiger partial charge on any atom is -0.396 e. The van der Waals surface area contributed by atoms with Crippen LogP contribution < -0.4 is 0 Å². The number of hydrogen-bond acceptors (Lipinski definition) is 4. The molecule has 1 heterocycles. The number of benzene rings is 1. The molecule has 0 fully saturated rings. The second-order valence-electron chi connectivity index (χ2n) is 4.46. The van der Waals surface area contributed by atoms with Crippen LogP contribution in [0.4, 0.5) is 4.39 Å². The summed E-state index contributed by atoms with van der Waals surface area (Å²) in [6.45, 7) is 4.45. The molecule has 21 heavy (non-hydrogen) atoms. The third-order valence-corrected chi connectivity index (χ3v) is 3.98. The van der Waals surface area contributed by atoms with Crippen LogP contribution in [-0.2, 0) is 6.54 Å². The van der Waals surface area contributed by atoms with Gasteiger partial charge in [-0.15, -0.1) is 16.8 Å². The Kier molecular flexibility index (Phi) is 5.95. The molecule has 0 spiro atoms. The van der Waals surface area contributed by atoms with Crippen molar-refractivity contribution < 1.29 is 9.50 Å². The minimum atomic E-state index is -0.313. The third kappa shape index (κ3) is 3.92. The normalized spacial score (nSPS) is 10.8. The Morgan fingerprint density at radius 2 is 2.10 bits per heavy atom. The molecular formula is C15H18FN3OS. The first-order chi connectivity index (χ1) is 10.3. The fraction of sp³-hybridized carbons (Fsp3) is 0.333. The molecule has 1 aromatic carbocycles. The second kappa shape index (κ2) is 7.95. The van der Waals surface area contributed by atoms with E-state index < -0.39 is 0 Å². The van der Waals surface area contributed by atoms with E-state index in [0.717, 1.165) is 23.8 Å². The van der Waals surface area contributed by atoms with Crippen molar-refractivity contribution in [1.29, 1.82) is 0 Å². The van der Waals surface area contributed by atoms with Crippen LogP contribution in [0.1, 0.15) is 12.8 Å². The summed E-state index contributed by atoms with van der Waals surface area (Å²) in [5.74, 6) is 1.04. The number of aliphatic hydroxyl groups is 1. The van der Waals surface area contributed by atoms with Gasteiger partial charge >= 0.3 is 0 Å². The molecule has 4 nitrogen and oxygen atoms in total. The van der Waals surface area contributed by atoms with Crippen molar-refractivity contribution in [1.82, 2.24) is 14.8 Å². The fourth-order valence-corrected chi connectivity index (χ4v) is 2.85. The molecule has 0 amide bonds. The number of thioether (sulfide) groups is 1. The van der Waals surface area contributed by atoms with Gasteiger partial charge in [-0.3, -0.25) is 4.57 Å². The van der Waals surface area contributed by atoms with E-state index in [-0.39, 0.29) is 12.4 Å². The van der Waals surface area contributed by atoms with E-state index in [0.29, 0.717) is 17.9 Å². The number of unbranched alkanes of at least 4 members (excludes halogenated alkanes) is 1. The number of hydrogen-bond donors (Lipinski definition) is 1. The number of rotatable bonds is 8. The van der Waals surface area contributed by atoms with Crippen molar-refractivity contribution in [2.24, 2.45) is 0 Å². The van der Waals surface area contributed by atoms with Gasteiger partial charge in [-0.25, -0.2) is 4.39 Å². The zero-order valence-electron chi connectivity index (χ0n) is 11.7. The molecule has 1 aromatic heterocycles. The Balaban J connectivity index is 2.24. The lowest BCUT2D eigenvalue weighted by molar-refractivity contribution is 0.287. The van der Waals surface area contributed by atoms with Gasteiger partial charge in [0.15, 0.2) is 11.0 Å². The summed E-state index contributed by atoms with van der Waals surface area (Å²) >= 11 is 1.56. The number of nitrogens with zero attached hydrogens (tertiary/aromatic N) is 3. The summed E-state index contributed by atoms with van der Waals surface area (Å²) in [4.78, 5) is 0. The molecule has 2 aromatic rings. The zero-order chi connectivity index (χ0) is 15.1. The quantitative estimate of drug-likeness (QED) is 0.462. The van der Waals surface area contributed by atoms with Crippen molar-refractivity contribution >= 4 is 11.8 Å². The molecule has 112 valence electrons. The van der Waals surface area contributed by atoms with Gasteiger partial charge in [0.1, 0.15) is 5.82 Å². The summed E-state index contributed by atoms with van der Waals surface area (Å²) in [6.07, 6.45) is 3.41.